The number of aliphatic hydroxyl groups is 2. The number of aromatic nitrogens is 2. The number of benzene rings is 1. The monoisotopic (exact) mass is 382 g/mol. The molecule has 0 radical (unpaired) electrons. The molecule has 1 heterocycles. The second-order valence-electron chi connectivity index (χ2n) is 5.79. The second kappa shape index (κ2) is 8.26. The Morgan fingerprint density at radius 3 is 2.46 bits per heavy atom. The SMILES string of the molecule is Cc1nn(CC(=O)NC(CO)C(O)c2ccc([N+](=O)[O-])cc2)c(C)c1Cl. The van der Waals surface area contributed by atoms with Crippen molar-refractivity contribution in [1.82, 2.24) is 15.1 Å². The standard InChI is InChI=1S/C16H19ClN4O5/c1-9-15(17)10(2)20(19-9)7-14(23)18-13(8-22)16(24)11-3-5-12(6-4-11)21(25)26/h3-6,13,16,22,24H,7-8H2,1-2H3,(H,18,23). The lowest BCUT2D eigenvalue weighted by atomic mass is 10.0. The highest BCUT2D eigenvalue weighted by atomic mass is 35.5. The van der Waals surface area contributed by atoms with Gasteiger partial charge in [-0.3, -0.25) is 19.6 Å². The summed E-state index contributed by atoms with van der Waals surface area (Å²) in [4.78, 5) is 22.3. The molecule has 2 unspecified atom stereocenters. The van der Waals surface area contributed by atoms with Crippen molar-refractivity contribution in [3.63, 3.8) is 0 Å². The van der Waals surface area contributed by atoms with Crippen LogP contribution in [-0.4, -0.2) is 43.5 Å². The van der Waals surface area contributed by atoms with Gasteiger partial charge in [-0.1, -0.05) is 11.6 Å². The lowest BCUT2D eigenvalue weighted by Gasteiger charge is -2.22. The summed E-state index contributed by atoms with van der Waals surface area (Å²) in [5.41, 5.74) is 1.45. The van der Waals surface area contributed by atoms with Gasteiger partial charge >= 0.3 is 0 Å². The van der Waals surface area contributed by atoms with E-state index in [-0.39, 0.29) is 12.2 Å². The molecule has 26 heavy (non-hydrogen) atoms. The minimum Gasteiger partial charge on any atom is -0.394 e. The zero-order valence-corrected chi connectivity index (χ0v) is 15.0. The van der Waals surface area contributed by atoms with Crippen molar-refractivity contribution in [2.75, 3.05) is 6.61 Å². The number of aryl methyl sites for hydroxylation is 1. The summed E-state index contributed by atoms with van der Waals surface area (Å²) in [5.74, 6) is -0.465. The molecule has 0 saturated carbocycles. The number of carbonyl (C=O) groups is 1. The van der Waals surface area contributed by atoms with Crippen LogP contribution in [0.1, 0.15) is 23.1 Å². The number of non-ortho nitro benzene ring substituents is 1. The molecule has 0 spiro atoms. The van der Waals surface area contributed by atoms with Crippen molar-refractivity contribution in [3.05, 3.63) is 56.4 Å². The van der Waals surface area contributed by atoms with Crippen LogP contribution in [0.15, 0.2) is 24.3 Å². The summed E-state index contributed by atoms with van der Waals surface area (Å²) < 4.78 is 1.43. The lowest BCUT2D eigenvalue weighted by Crippen LogP contribution is -2.43. The third-order valence-corrected chi connectivity index (χ3v) is 4.50. The van der Waals surface area contributed by atoms with Crippen LogP contribution >= 0.6 is 11.6 Å². The number of carbonyl (C=O) groups excluding carboxylic acids is 1. The molecular weight excluding hydrogens is 364 g/mol. The maximum Gasteiger partial charge on any atom is 0.269 e. The van der Waals surface area contributed by atoms with Gasteiger partial charge in [-0.25, -0.2) is 0 Å². The van der Waals surface area contributed by atoms with Crippen LogP contribution in [0, 0.1) is 24.0 Å². The van der Waals surface area contributed by atoms with E-state index in [0.717, 1.165) is 0 Å². The summed E-state index contributed by atoms with van der Waals surface area (Å²) >= 11 is 6.04. The highest BCUT2D eigenvalue weighted by molar-refractivity contribution is 6.31. The van der Waals surface area contributed by atoms with Gasteiger partial charge in [0.2, 0.25) is 5.91 Å². The smallest absolute Gasteiger partial charge is 0.269 e. The van der Waals surface area contributed by atoms with Gasteiger partial charge in [0, 0.05) is 12.1 Å². The Morgan fingerprint density at radius 1 is 1.38 bits per heavy atom. The molecular formula is C16H19ClN4O5. The van der Waals surface area contributed by atoms with Crippen molar-refractivity contribution in [3.8, 4) is 0 Å². The number of nitro groups is 1. The highest BCUT2D eigenvalue weighted by Gasteiger charge is 2.23. The van der Waals surface area contributed by atoms with E-state index >= 15 is 0 Å². The van der Waals surface area contributed by atoms with Crippen molar-refractivity contribution in [1.29, 1.82) is 0 Å². The number of nitrogens with one attached hydrogen (secondary N) is 1. The number of hydrogen-bond donors (Lipinski definition) is 3. The van der Waals surface area contributed by atoms with E-state index in [4.69, 9.17) is 11.6 Å². The maximum absolute atomic E-state index is 12.2. The number of nitrogens with zero attached hydrogens (tertiary/aromatic N) is 3. The summed E-state index contributed by atoms with van der Waals surface area (Å²) in [6.45, 7) is 2.81. The maximum atomic E-state index is 12.2. The second-order valence-corrected chi connectivity index (χ2v) is 6.17. The van der Waals surface area contributed by atoms with Gasteiger partial charge in [0.15, 0.2) is 0 Å². The topological polar surface area (TPSA) is 131 Å². The number of rotatable bonds is 7. The molecule has 0 aliphatic rings. The fourth-order valence-electron chi connectivity index (χ4n) is 2.47. The Balaban J connectivity index is 2.06. The Morgan fingerprint density at radius 2 is 2.00 bits per heavy atom. The van der Waals surface area contributed by atoms with Crippen LogP contribution in [0.4, 0.5) is 5.69 Å². The molecule has 0 fully saturated rings. The quantitative estimate of drug-likeness (QED) is 0.488. The lowest BCUT2D eigenvalue weighted by molar-refractivity contribution is -0.384. The van der Waals surface area contributed by atoms with E-state index in [1.54, 1.807) is 13.8 Å². The molecule has 0 saturated heterocycles. The van der Waals surface area contributed by atoms with Crippen LogP contribution in [-0.2, 0) is 11.3 Å². The fourth-order valence-corrected chi connectivity index (χ4v) is 2.60. The molecule has 2 rings (SSSR count). The predicted octanol–water partition coefficient (Wildman–Crippen LogP) is 1.27. The molecule has 0 aliphatic carbocycles. The first kappa shape index (κ1) is 19.8. The first-order valence-corrected chi connectivity index (χ1v) is 8.14. The Hall–Kier alpha value is -2.49. The Labute approximate surface area is 154 Å². The van der Waals surface area contributed by atoms with Crippen molar-refractivity contribution in [2.24, 2.45) is 0 Å². The number of aliphatic hydroxyl groups excluding tert-OH is 2. The molecule has 2 aromatic rings. The summed E-state index contributed by atoms with van der Waals surface area (Å²) in [6.07, 6.45) is -1.23. The molecule has 0 aliphatic heterocycles. The third-order valence-electron chi connectivity index (χ3n) is 3.96. The van der Waals surface area contributed by atoms with E-state index in [1.165, 1.54) is 28.9 Å². The number of nitro benzene ring substituents is 1. The van der Waals surface area contributed by atoms with Crippen LogP contribution < -0.4 is 5.32 Å². The number of hydrogen-bond acceptors (Lipinski definition) is 6. The minimum atomic E-state index is -1.23. The van der Waals surface area contributed by atoms with Crippen LogP contribution in [0.2, 0.25) is 5.02 Å². The van der Waals surface area contributed by atoms with Gasteiger partial charge in [-0.05, 0) is 31.5 Å². The largest absolute Gasteiger partial charge is 0.394 e. The summed E-state index contributed by atoms with van der Waals surface area (Å²) in [6, 6.07) is 4.26. The van der Waals surface area contributed by atoms with Crippen LogP contribution in [0.25, 0.3) is 0 Å². The predicted molar refractivity (Wildman–Crippen MR) is 93.8 cm³/mol. The highest BCUT2D eigenvalue weighted by Crippen LogP contribution is 2.21. The average molecular weight is 383 g/mol. The van der Waals surface area contributed by atoms with Gasteiger partial charge in [-0.15, -0.1) is 0 Å². The van der Waals surface area contributed by atoms with E-state index in [2.05, 4.69) is 10.4 Å². The van der Waals surface area contributed by atoms with Gasteiger partial charge in [0.05, 0.1) is 34.0 Å². The first-order chi connectivity index (χ1) is 12.2. The molecule has 9 nitrogen and oxygen atoms in total. The van der Waals surface area contributed by atoms with E-state index in [1.807, 2.05) is 0 Å². The fraction of sp³-hybridized carbons (Fsp3) is 0.375. The van der Waals surface area contributed by atoms with Gasteiger partial charge < -0.3 is 15.5 Å². The average Bonchev–Trinajstić information content (AvgIpc) is 2.86. The Bertz CT molecular complexity index is 806. The molecule has 1 aromatic heterocycles. The van der Waals surface area contributed by atoms with E-state index in [0.29, 0.717) is 22.0 Å². The zero-order chi connectivity index (χ0) is 19.4. The van der Waals surface area contributed by atoms with E-state index in [9.17, 15) is 25.1 Å². The Kier molecular flexibility index (Phi) is 6.30. The van der Waals surface area contributed by atoms with Gasteiger partial charge in [0.1, 0.15) is 12.6 Å². The van der Waals surface area contributed by atoms with Crippen LogP contribution in [0.3, 0.4) is 0 Å². The summed E-state index contributed by atoms with van der Waals surface area (Å²) in [7, 11) is 0. The molecule has 140 valence electrons. The summed E-state index contributed by atoms with van der Waals surface area (Å²) in [5, 5.41) is 37.7. The molecule has 10 heteroatoms. The molecule has 3 N–H and O–H groups in total. The van der Waals surface area contributed by atoms with Crippen molar-refractivity contribution >= 4 is 23.2 Å². The number of amides is 1. The zero-order valence-electron chi connectivity index (χ0n) is 14.2. The minimum absolute atomic E-state index is 0.119. The van der Waals surface area contributed by atoms with Gasteiger partial charge in [-0.2, -0.15) is 5.10 Å². The van der Waals surface area contributed by atoms with Crippen molar-refractivity contribution < 1.29 is 19.9 Å². The van der Waals surface area contributed by atoms with Gasteiger partial charge in [0.25, 0.3) is 5.69 Å². The molecule has 0 bridgehead atoms. The number of halogens is 1. The third kappa shape index (κ3) is 4.37. The first-order valence-electron chi connectivity index (χ1n) is 7.76. The van der Waals surface area contributed by atoms with Crippen LogP contribution in [0.5, 0.6) is 0 Å². The molecule has 1 aromatic carbocycles. The molecule has 2 atom stereocenters. The van der Waals surface area contributed by atoms with E-state index < -0.39 is 29.6 Å². The normalized spacial score (nSPS) is 13.3. The van der Waals surface area contributed by atoms with Crippen molar-refractivity contribution in [2.45, 2.75) is 32.5 Å². The molecule has 1 amide bonds.